The van der Waals surface area contributed by atoms with Gasteiger partial charge < -0.3 is 15.6 Å². The van der Waals surface area contributed by atoms with Gasteiger partial charge in [0.1, 0.15) is 5.76 Å². The van der Waals surface area contributed by atoms with Crippen molar-refractivity contribution in [3.8, 4) is 0 Å². The largest absolute Gasteiger partial charge is 0.507 e. The van der Waals surface area contributed by atoms with Gasteiger partial charge >= 0.3 is 5.97 Å². The van der Waals surface area contributed by atoms with Crippen LogP contribution in [0.2, 0.25) is 0 Å². The number of hydrogen-bond acceptors (Lipinski definition) is 4. The Morgan fingerprint density at radius 3 is 2.39 bits per heavy atom. The standard InChI is InChI=1S/C19H27NO3/c1-4-10-19(11-5-2)17(21)16(18(22)23-19)15(6-3)13-8-7-9-14(20)12-13/h7-9,12,15,21H,4-6,10-11,20H2,1-3H3. The molecule has 0 radical (unpaired) electrons. The summed E-state index contributed by atoms with van der Waals surface area (Å²) in [7, 11) is 0. The maximum Gasteiger partial charge on any atom is 0.339 e. The quantitative estimate of drug-likeness (QED) is 0.575. The Labute approximate surface area is 138 Å². The summed E-state index contributed by atoms with van der Waals surface area (Å²) in [6.07, 6.45) is 3.69. The predicted octanol–water partition coefficient (Wildman–Crippen LogP) is 4.47. The number of rotatable bonds is 7. The number of carbonyl (C=O) groups is 1. The van der Waals surface area contributed by atoms with Gasteiger partial charge in [-0.05, 0) is 37.0 Å². The molecule has 0 saturated heterocycles. The van der Waals surface area contributed by atoms with Gasteiger partial charge in [0.25, 0.3) is 0 Å². The van der Waals surface area contributed by atoms with E-state index in [1.54, 1.807) is 0 Å². The summed E-state index contributed by atoms with van der Waals surface area (Å²) in [6, 6.07) is 7.49. The number of benzene rings is 1. The van der Waals surface area contributed by atoms with Crippen LogP contribution in [0.1, 0.15) is 64.4 Å². The highest BCUT2D eigenvalue weighted by atomic mass is 16.6. The third-order valence-electron chi connectivity index (χ3n) is 4.57. The van der Waals surface area contributed by atoms with E-state index >= 15 is 0 Å². The Morgan fingerprint density at radius 1 is 1.22 bits per heavy atom. The highest BCUT2D eigenvalue weighted by Gasteiger charge is 2.48. The van der Waals surface area contributed by atoms with Gasteiger partial charge in [0.2, 0.25) is 0 Å². The molecule has 1 aromatic rings. The van der Waals surface area contributed by atoms with Crippen LogP contribution in [0.15, 0.2) is 35.6 Å². The normalized spacial score (nSPS) is 18.1. The number of cyclic esters (lactones) is 1. The van der Waals surface area contributed by atoms with Crippen molar-refractivity contribution in [3.63, 3.8) is 0 Å². The molecule has 0 bridgehead atoms. The van der Waals surface area contributed by atoms with Crippen LogP contribution in [0.25, 0.3) is 0 Å². The molecule has 0 spiro atoms. The second-order valence-corrected chi connectivity index (χ2v) is 6.28. The van der Waals surface area contributed by atoms with E-state index in [4.69, 9.17) is 10.5 Å². The van der Waals surface area contributed by atoms with E-state index in [1.165, 1.54) is 0 Å². The number of esters is 1. The molecule has 3 N–H and O–H groups in total. The van der Waals surface area contributed by atoms with Gasteiger partial charge in [0.15, 0.2) is 5.60 Å². The molecule has 0 aromatic heterocycles. The summed E-state index contributed by atoms with van der Waals surface area (Å²) in [5.74, 6) is -0.458. The highest BCUT2D eigenvalue weighted by molar-refractivity contribution is 5.94. The number of ether oxygens (including phenoxy) is 1. The van der Waals surface area contributed by atoms with Crippen molar-refractivity contribution in [2.75, 3.05) is 5.73 Å². The molecule has 2 rings (SSSR count). The SMILES string of the molecule is CCCC1(CCC)OC(=O)C(C(CC)c2cccc(N)c2)=C1O. The molecule has 0 amide bonds. The van der Waals surface area contributed by atoms with Crippen LogP contribution < -0.4 is 5.73 Å². The molecule has 1 aliphatic rings. The van der Waals surface area contributed by atoms with Crippen molar-refractivity contribution in [3.05, 3.63) is 41.2 Å². The number of nitrogens with two attached hydrogens (primary N) is 1. The summed E-state index contributed by atoms with van der Waals surface area (Å²) in [5, 5.41) is 10.9. The van der Waals surface area contributed by atoms with Gasteiger partial charge in [-0.3, -0.25) is 0 Å². The zero-order chi connectivity index (χ0) is 17.0. The van der Waals surface area contributed by atoms with Crippen LogP contribution in [0.4, 0.5) is 5.69 Å². The fraction of sp³-hybridized carbons (Fsp3) is 0.526. The lowest BCUT2D eigenvalue weighted by Crippen LogP contribution is -2.31. The van der Waals surface area contributed by atoms with Crippen molar-refractivity contribution < 1.29 is 14.6 Å². The molecule has 0 aliphatic carbocycles. The van der Waals surface area contributed by atoms with E-state index in [0.29, 0.717) is 30.5 Å². The van der Waals surface area contributed by atoms with E-state index in [2.05, 4.69) is 0 Å². The summed E-state index contributed by atoms with van der Waals surface area (Å²) >= 11 is 0. The van der Waals surface area contributed by atoms with E-state index in [9.17, 15) is 9.90 Å². The van der Waals surface area contributed by atoms with E-state index in [-0.39, 0.29) is 11.7 Å². The van der Waals surface area contributed by atoms with Crippen molar-refractivity contribution in [2.24, 2.45) is 0 Å². The summed E-state index contributed by atoms with van der Waals surface area (Å²) in [5.41, 5.74) is 7.03. The number of aliphatic hydroxyl groups is 1. The monoisotopic (exact) mass is 317 g/mol. The number of anilines is 1. The van der Waals surface area contributed by atoms with E-state index in [1.807, 2.05) is 45.0 Å². The Balaban J connectivity index is 2.49. The molecule has 1 aromatic carbocycles. The molecule has 1 aliphatic heterocycles. The zero-order valence-corrected chi connectivity index (χ0v) is 14.3. The average molecular weight is 317 g/mol. The Kier molecular flexibility index (Phi) is 5.34. The minimum Gasteiger partial charge on any atom is -0.507 e. The minimum absolute atomic E-state index is 0.125. The van der Waals surface area contributed by atoms with Crippen LogP contribution in [0.3, 0.4) is 0 Å². The van der Waals surface area contributed by atoms with Gasteiger partial charge in [-0.2, -0.15) is 0 Å². The number of carbonyl (C=O) groups excluding carboxylic acids is 1. The molecule has 0 saturated carbocycles. The fourth-order valence-electron chi connectivity index (χ4n) is 3.58. The van der Waals surface area contributed by atoms with Crippen LogP contribution in [0.5, 0.6) is 0 Å². The topological polar surface area (TPSA) is 72.5 Å². The first kappa shape index (κ1) is 17.4. The Bertz CT molecular complexity index is 600. The van der Waals surface area contributed by atoms with Crippen molar-refractivity contribution in [2.45, 2.75) is 64.4 Å². The third-order valence-corrected chi connectivity index (χ3v) is 4.57. The second kappa shape index (κ2) is 7.07. The van der Waals surface area contributed by atoms with Crippen LogP contribution >= 0.6 is 0 Å². The number of hydrogen-bond donors (Lipinski definition) is 2. The molecule has 4 heteroatoms. The fourth-order valence-corrected chi connectivity index (χ4v) is 3.58. The van der Waals surface area contributed by atoms with Gasteiger partial charge in [0, 0.05) is 11.6 Å². The molecule has 1 unspecified atom stereocenters. The van der Waals surface area contributed by atoms with Crippen LogP contribution in [-0.4, -0.2) is 16.7 Å². The van der Waals surface area contributed by atoms with Gasteiger partial charge in [-0.25, -0.2) is 4.79 Å². The first-order valence-corrected chi connectivity index (χ1v) is 8.51. The first-order valence-electron chi connectivity index (χ1n) is 8.51. The Morgan fingerprint density at radius 2 is 1.87 bits per heavy atom. The van der Waals surface area contributed by atoms with E-state index in [0.717, 1.165) is 18.4 Å². The first-order chi connectivity index (χ1) is 11.0. The van der Waals surface area contributed by atoms with E-state index < -0.39 is 11.6 Å². The summed E-state index contributed by atoms with van der Waals surface area (Å²) < 4.78 is 5.69. The van der Waals surface area contributed by atoms with Gasteiger partial charge in [-0.15, -0.1) is 0 Å². The zero-order valence-electron chi connectivity index (χ0n) is 14.3. The molecular weight excluding hydrogens is 290 g/mol. The maximum absolute atomic E-state index is 12.5. The molecule has 126 valence electrons. The van der Waals surface area contributed by atoms with Crippen LogP contribution in [-0.2, 0) is 9.53 Å². The lowest BCUT2D eigenvalue weighted by molar-refractivity contribution is -0.149. The highest BCUT2D eigenvalue weighted by Crippen LogP contribution is 2.44. The smallest absolute Gasteiger partial charge is 0.339 e. The van der Waals surface area contributed by atoms with Gasteiger partial charge in [-0.1, -0.05) is 45.7 Å². The molecular formula is C19H27NO3. The van der Waals surface area contributed by atoms with Crippen molar-refractivity contribution >= 4 is 11.7 Å². The molecule has 4 nitrogen and oxygen atoms in total. The second-order valence-electron chi connectivity index (χ2n) is 6.28. The lowest BCUT2D eigenvalue weighted by atomic mass is 9.83. The van der Waals surface area contributed by atoms with Crippen LogP contribution in [0, 0.1) is 0 Å². The third kappa shape index (κ3) is 3.21. The molecule has 1 atom stereocenters. The summed E-state index contributed by atoms with van der Waals surface area (Å²) in [6.45, 7) is 6.07. The number of aliphatic hydroxyl groups excluding tert-OH is 1. The van der Waals surface area contributed by atoms with Crippen molar-refractivity contribution in [1.29, 1.82) is 0 Å². The molecule has 23 heavy (non-hydrogen) atoms. The average Bonchev–Trinajstić information content (AvgIpc) is 2.74. The lowest BCUT2D eigenvalue weighted by Gasteiger charge is -2.27. The number of nitrogen functional groups attached to an aromatic ring is 1. The van der Waals surface area contributed by atoms with Crippen molar-refractivity contribution in [1.82, 2.24) is 0 Å². The Hall–Kier alpha value is -1.97. The molecule has 1 heterocycles. The maximum atomic E-state index is 12.5. The predicted molar refractivity (Wildman–Crippen MR) is 92.2 cm³/mol. The summed E-state index contributed by atoms with van der Waals surface area (Å²) in [4.78, 5) is 12.5. The molecule has 0 fully saturated rings. The minimum atomic E-state index is -0.844. The van der Waals surface area contributed by atoms with Gasteiger partial charge in [0.05, 0.1) is 5.57 Å².